The van der Waals surface area contributed by atoms with Crippen molar-refractivity contribution in [3.8, 4) is 28.4 Å². The lowest BCUT2D eigenvalue weighted by Gasteiger charge is -2.07. The van der Waals surface area contributed by atoms with Gasteiger partial charge in [0.2, 0.25) is 0 Å². The van der Waals surface area contributed by atoms with Crippen molar-refractivity contribution in [3.05, 3.63) is 60.3 Å². The number of rotatable bonds is 12. The number of benzene rings is 2. The number of carbonyl (C=O) groups is 1. The van der Waals surface area contributed by atoms with Gasteiger partial charge < -0.3 is 9.84 Å². The molecule has 2 aromatic carbocycles. The number of carboxylic acids is 1. The first-order chi connectivity index (χ1) is 15.2. The fourth-order valence-electron chi connectivity index (χ4n) is 3.23. The number of aliphatic carboxylic acids is 1. The molecule has 6 heteroatoms. The molecule has 1 heterocycles. The smallest absolute Gasteiger partial charge is 0.303 e. The average Bonchev–Trinajstić information content (AvgIpc) is 2.81. The van der Waals surface area contributed by atoms with Gasteiger partial charge in [-0.05, 0) is 42.7 Å². The van der Waals surface area contributed by atoms with Gasteiger partial charge in [0.05, 0.1) is 12.8 Å². The van der Waals surface area contributed by atoms with Gasteiger partial charge in [-0.2, -0.15) is 0 Å². The summed E-state index contributed by atoms with van der Waals surface area (Å²) in [5, 5.41) is 17.3. The van der Waals surface area contributed by atoms with Crippen LogP contribution in [0.25, 0.3) is 22.6 Å². The summed E-state index contributed by atoms with van der Waals surface area (Å²) in [5.74, 6) is 0.622. The fraction of sp³-hybridized carbons (Fsp3) is 0.360. The van der Waals surface area contributed by atoms with Crippen LogP contribution in [0.3, 0.4) is 0 Å². The highest BCUT2D eigenvalue weighted by molar-refractivity contribution is 5.67. The van der Waals surface area contributed by atoms with Crippen LogP contribution in [-0.4, -0.2) is 32.9 Å². The van der Waals surface area contributed by atoms with Crippen molar-refractivity contribution >= 4 is 5.97 Å². The number of unbranched alkanes of at least 4 members (excludes halogenated alkanes) is 4. The van der Waals surface area contributed by atoms with E-state index >= 15 is 0 Å². The first-order valence-electron chi connectivity index (χ1n) is 10.9. The third-order valence-corrected chi connectivity index (χ3v) is 5.07. The van der Waals surface area contributed by atoms with E-state index in [1.807, 2.05) is 48.5 Å². The standard InChI is InChI=1S/C25H29N3O3/c1-2-3-4-5-6-17-31-22-14-12-21(13-15-22)25-26-18-23(27-28-25)20-10-7-19(8-11-20)9-16-24(29)30/h7-8,10-15,18H,2-6,9,16-17H2,1H3,(H,29,30). The summed E-state index contributed by atoms with van der Waals surface area (Å²) >= 11 is 0. The van der Waals surface area contributed by atoms with Gasteiger partial charge in [0, 0.05) is 17.5 Å². The van der Waals surface area contributed by atoms with Gasteiger partial charge in [-0.15, -0.1) is 10.2 Å². The van der Waals surface area contributed by atoms with Crippen LogP contribution in [0.5, 0.6) is 5.75 Å². The van der Waals surface area contributed by atoms with Gasteiger partial charge in [0.1, 0.15) is 11.4 Å². The lowest BCUT2D eigenvalue weighted by Crippen LogP contribution is -1.98. The van der Waals surface area contributed by atoms with E-state index in [2.05, 4.69) is 22.1 Å². The first-order valence-corrected chi connectivity index (χ1v) is 10.9. The molecule has 6 nitrogen and oxygen atoms in total. The molecule has 31 heavy (non-hydrogen) atoms. The van der Waals surface area contributed by atoms with Crippen LogP contribution in [-0.2, 0) is 11.2 Å². The van der Waals surface area contributed by atoms with Crippen LogP contribution in [0.1, 0.15) is 51.0 Å². The number of hydrogen-bond donors (Lipinski definition) is 1. The largest absolute Gasteiger partial charge is 0.494 e. The highest BCUT2D eigenvalue weighted by Crippen LogP contribution is 2.21. The van der Waals surface area contributed by atoms with E-state index in [0.717, 1.165) is 35.5 Å². The normalized spacial score (nSPS) is 10.7. The van der Waals surface area contributed by atoms with Crippen LogP contribution in [0.4, 0.5) is 0 Å². The van der Waals surface area contributed by atoms with Crippen molar-refractivity contribution in [2.24, 2.45) is 0 Å². The van der Waals surface area contributed by atoms with Crippen LogP contribution in [0.2, 0.25) is 0 Å². The molecule has 0 bridgehead atoms. The maximum atomic E-state index is 10.7. The molecule has 0 saturated heterocycles. The molecule has 0 radical (unpaired) electrons. The molecule has 1 N–H and O–H groups in total. The fourth-order valence-corrected chi connectivity index (χ4v) is 3.23. The summed E-state index contributed by atoms with van der Waals surface area (Å²) in [6.45, 7) is 2.96. The molecule has 0 fully saturated rings. The minimum atomic E-state index is -0.795. The summed E-state index contributed by atoms with van der Waals surface area (Å²) in [6, 6.07) is 15.4. The third-order valence-electron chi connectivity index (χ3n) is 5.07. The van der Waals surface area contributed by atoms with Crippen molar-refractivity contribution in [1.29, 1.82) is 0 Å². The molecule has 1 aromatic heterocycles. The summed E-state index contributed by atoms with van der Waals surface area (Å²) in [6.07, 6.45) is 8.44. The van der Waals surface area contributed by atoms with Gasteiger partial charge >= 0.3 is 5.97 Å². The molecule has 0 saturated carbocycles. The van der Waals surface area contributed by atoms with Gasteiger partial charge in [0.25, 0.3) is 0 Å². The summed E-state index contributed by atoms with van der Waals surface area (Å²) in [7, 11) is 0. The van der Waals surface area contributed by atoms with Crippen LogP contribution in [0.15, 0.2) is 54.7 Å². The molecule has 0 aliphatic heterocycles. The average molecular weight is 420 g/mol. The molecular formula is C25H29N3O3. The zero-order chi connectivity index (χ0) is 21.9. The predicted molar refractivity (Wildman–Crippen MR) is 121 cm³/mol. The van der Waals surface area contributed by atoms with Crippen molar-refractivity contribution in [1.82, 2.24) is 15.2 Å². The number of aryl methyl sites for hydroxylation is 1. The van der Waals surface area contributed by atoms with E-state index in [0.29, 0.717) is 17.9 Å². The van der Waals surface area contributed by atoms with Crippen molar-refractivity contribution in [2.45, 2.75) is 51.9 Å². The van der Waals surface area contributed by atoms with E-state index in [1.54, 1.807) is 6.20 Å². The number of ether oxygens (including phenoxy) is 1. The van der Waals surface area contributed by atoms with E-state index < -0.39 is 5.97 Å². The van der Waals surface area contributed by atoms with Gasteiger partial charge in [-0.25, -0.2) is 4.98 Å². The van der Waals surface area contributed by atoms with Gasteiger partial charge in [0.15, 0.2) is 5.82 Å². The van der Waals surface area contributed by atoms with Crippen molar-refractivity contribution in [3.63, 3.8) is 0 Å². The lowest BCUT2D eigenvalue weighted by molar-refractivity contribution is -0.136. The molecule has 162 valence electrons. The molecule has 0 aliphatic rings. The monoisotopic (exact) mass is 419 g/mol. The number of hydrogen-bond acceptors (Lipinski definition) is 5. The second kappa shape index (κ2) is 11.8. The maximum Gasteiger partial charge on any atom is 0.303 e. The minimum Gasteiger partial charge on any atom is -0.494 e. The number of carboxylic acid groups (broad SMARTS) is 1. The first kappa shape index (κ1) is 22.4. The molecular weight excluding hydrogens is 390 g/mol. The Kier molecular flexibility index (Phi) is 8.52. The lowest BCUT2D eigenvalue weighted by atomic mass is 10.1. The predicted octanol–water partition coefficient (Wildman–Crippen LogP) is 5.57. The Morgan fingerprint density at radius 1 is 0.903 bits per heavy atom. The molecule has 0 spiro atoms. The Bertz CT molecular complexity index is 939. The Hall–Kier alpha value is -3.28. The molecule has 3 aromatic rings. The molecule has 0 unspecified atom stereocenters. The van der Waals surface area contributed by atoms with E-state index in [-0.39, 0.29) is 6.42 Å². The Morgan fingerprint density at radius 2 is 1.61 bits per heavy atom. The molecule has 3 rings (SSSR count). The van der Waals surface area contributed by atoms with Gasteiger partial charge in [-0.3, -0.25) is 4.79 Å². The Labute approximate surface area is 183 Å². The topological polar surface area (TPSA) is 85.2 Å². The third kappa shape index (κ3) is 7.17. The van der Waals surface area contributed by atoms with E-state index in [1.165, 1.54) is 25.7 Å². The molecule has 0 amide bonds. The quantitative estimate of drug-likeness (QED) is 0.386. The summed E-state index contributed by atoms with van der Waals surface area (Å²) in [5.41, 5.74) is 3.44. The van der Waals surface area contributed by atoms with Crippen molar-refractivity contribution in [2.75, 3.05) is 6.61 Å². The molecule has 0 atom stereocenters. The second-order valence-corrected chi connectivity index (χ2v) is 7.54. The van der Waals surface area contributed by atoms with Crippen LogP contribution < -0.4 is 4.74 Å². The SMILES string of the molecule is CCCCCCCOc1ccc(-c2ncc(-c3ccc(CCC(=O)O)cc3)nn2)cc1. The number of nitrogens with zero attached hydrogens (tertiary/aromatic N) is 3. The highest BCUT2D eigenvalue weighted by atomic mass is 16.5. The zero-order valence-electron chi connectivity index (χ0n) is 18.0. The minimum absolute atomic E-state index is 0.123. The molecule has 0 aliphatic carbocycles. The number of aromatic nitrogens is 3. The van der Waals surface area contributed by atoms with E-state index in [4.69, 9.17) is 9.84 Å². The van der Waals surface area contributed by atoms with Crippen LogP contribution >= 0.6 is 0 Å². The maximum absolute atomic E-state index is 10.7. The Balaban J connectivity index is 1.54. The summed E-state index contributed by atoms with van der Waals surface area (Å²) in [4.78, 5) is 15.1. The second-order valence-electron chi connectivity index (χ2n) is 7.54. The Morgan fingerprint density at radius 3 is 2.26 bits per heavy atom. The van der Waals surface area contributed by atoms with E-state index in [9.17, 15) is 4.79 Å². The van der Waals surface area contributed by atoms with Crippen LogP contribution in [0, 0.1) is 0 Å². The van der Waals surface area contributed by atoms with Crippen molar-refractivity contribution < 1.29 is 14.6 Å². The zero-order valence-corrected chi connectivity index (χ0v) is 18.0. The summed E-state index contributed by atoms with van der Waals surface area (Å²) < 4.78 is 5.81. The van der Waals surface area contributed by atoms with Gasteiger partial charge in [-0.1, -0.05) is 56.9 Å². The highest BCUT2D eigenvalue weighted by Gasteiger charge is 2.06.